The molecule has 0 radical (unpaired) electrons. The quantitative estimate of drug-likeness (QED) is 0.164. The third-order valence-electron chi connectivity index (χ3n) is 11.4. The normalized spacial score (nSPS) is 11.8. The van der Waals surface area contributed by atoms with Crippen LogP contribution in [0.1, 0.15) is 0 Å². The van der Waals surface area contributed by atoms with Crippen molar-refractivity contribution in [3.8, 4) is 51.0 Å². The summed E-state index contributed by atoms with van der Waals surface area (Å²) in [5.74, 6) is 1.92. The molecule has 0 unspecified atom stereocenters. The molecule has 270 valence electrons. The van der Waals surface area contributed by atoms with Crippen molar-refractivity contribution in [2.45, 2.75) is 0 Å². The third-order valence-corrected chi connectivity index (χ3v) is 12.7. The van der Waals surface area contributed by atoms with Crippen molar-refractivity contribution < 1.29 is 0 Å². The number of para-hydroxylation sites is 1. The molecule has 12 rings (SSSR count). The summed E-state index contributed by atoms with van der Waals surface area (Å²) in [7, 11) is 0. The Balaban J connectivity index is 1.15. The summed E-state index contributed by atoms with van der Waals surface area (Å²) in [5, 5.41) is 9.79. The van der Waals surface area contributed by atoms with E-state index in [1.54, 1.807) is 11.3 Å². The molecular weight excluding hydrogens is 725 g/mol. The van der Waals surface area contributed by atoms with E-state index in [0.717, 1.165) is 38.2 Å². The zero-order valence-electron chi connectivity index (χ0n) is 31.2. The molecule has 0 saturated carbocycles. The Labute approximate surface area is 338 Å². The highest BCUT2D eigenvalue weighted by Crippen LogP contribution is 2.44. The first-order valence-corrected chi connectivity index (χ1v) is 20.3. The molecule has 3 heterocycles. The van der Waals surface area contributed by atoms with Crippen molar-refractivity contribution in [2.75, 3.05) is 0 Å². The molecular formula is C53H32N4S. The van der Waals surface area contributed by atoms with Crippen LogP contribution >= 0.6 is 11.3 Å². The number of nitrogens with zero attached hydrogens (tertiary/aromatic N) is 4. The molecule has 0 amide bonds. The molecule has 0 atom stereocenters. The van der Waals surface area contributed by atoms with E-state index in [1.165, 1.54) is 58.9 Å². The SMILES string of the molecule is c1ccc(-c2ccc(-c3nc(-c4ccccc4)nc(-c4cc(-n5c6ccccc6c6ccc7c8ccccc8ccc7c65)cc5c4sc4ccccc45)n3)cc2)cc1. The fraction of sp³-hybridized carbons (Fsp3) is 0. The first kappa shape index (κ1) is 32.7. The number of aromatic nitrogens is 4. The maximum absolute atomic E-state index is 5.33. The molecule has 3 aromatic heterocycles. The van der Waals surface area contributed by atoms with E-state index in [-0.39, 0.29) is 0 Å². The van der Waals surface area contributed by atoms with Crippen LogP contribution in [0.3, 0.4) is 0 Å². The van der Waals surface area contributed by atoms with Crippen molar-refractivity contribution >= 4 is 74.9 Å². The van der Waals surface area contributed by atoms with E-state index in [0.29, 0.717) is 17.5 Å². The van der Waals surface area contributed by atoms with Crippen LogP contribution in [0.15, 0.2) is 194 Å². The molecule has 9 aromatic carbocycles. The number of hydrogen-bond acceptors (Lipinski definition) is 4. The van der Waals surface area contributed by atoms with E-state index < -0.39 is 0 Å². The first-order chi connectivity index (χ1) is 28.7. The second kappa shape index (κ2) is 13.1. The number of hydrogen-bond donors (Lipinski definition) is 0. The highest BCUT2D eigenvalue weighted by atomic mass is 32.1. The molecule has 0 saturated heterocycles. The van der Waals surface area contributed by atoms with Crippen molar-refractivity contribution in [1.82, 2.24) is 19.5 Å². The Kier molecular flexibility index (Phi) is 7.37. The number of thiophene rings is 1. The first-order valence-electron chi connectivity index (χ1n) is 19.5. The fourth-order valence-corrected chi connectivity index (χ4v) is 9.90. The molecule has 0 aliphatic carbocycles. The zero-order chi connectivity index (χ0) is 38.2. The Morgan fingerprint density at radius 3 is 1.71 bits per heavy atom. The van der Waals surface area contributed by atoms with Gasteiger partial charge in [0.05, 0.1) is 11.0 Å². The smallest absolute Gasteiger partial charge is 0.165 e. The topological polar surface area (TPSA) is 43.6 Å². The average Bonchev–Trinajstić information content (AvgIpc) is 3.85. The van der Waals surface area contributed by atoms with E-state index in [2.05, 4.69) is 174 Å². The average molecular weight is 757 g/mol. The molecule has 0 aliphatic rings. The molecule has 4 nitrogen and oxygen atoms in total. The van der Waals surface area contributed by atoms with E-state index in [9.17, 15) is 0 Å². The maximum Gasteiger partial charge on any atom is 0.165 e. The van der Waals surface area contributed by atoms with Gasteiger partial charge >= 0.3 is 0 Å². The summed E-state index contributed by atoms with van der Waals surface area (Å²) in [6.45, 7) is 0. The summed E-state index contributed by atoms with van der Waals surface area (Å²) in [6.07, 6.45) is 0. The Hall–Kier alpha value is -7.47. The van der Waals surface area contributed by atoms with Crippen LogP contribution in [-0.4, -0.2) is 19.5 Å². The highest BCUT2D eigenvalue weighted by Gasteiger charge is 2.22. The van der Waals surface area contributed by atoms with Crippen LogP contribution < -0.4 is 0 Å². The zero-order valence-corrected chi connectivity index (χ0v) is 32.0. The van der Waals surface area contributed by atoms with Gasteiger partial charge in [-0.25, -0.2) is 15.0 Å². The highest BCUT2D eigenvalue weighted by molar-refractivity contribution is 7.26. The van der Waals surface area contributed by atoms with Crippen LogP contribution in [0.2, 0.25) is 0 Å². The van der Waals surface area contributed by atoms with Gasteiger partial charge in [0.1, 0.15) is 0 Å². The van der Waals surface area contributed by atoms with Gasteiger partial charge in [0, 0.05) is 58.7 Å². The maximum atomic E-state index is 5.33. The number of fused-ring (bicyclic) bond motifs is 10. The summed E-state index contributed by atoms with van der Waals surface area (Å²) >= 11 is 1.79. The predicted octanol–water partition coefficient (Wildman–Crippen LogP) is 14.3. The minimum absolute atomic E-state index is 0.637. The van der Waals surface area contributed by atoms with E-state index in [1.807, 2.05) is 24.3 Å². The van der Waals surface area contributed by atoms with Crippen LogP contribution in [0.25, 0.3) is 115 Å². The lowest BCUT2D eigenvalue weighted by molar-refractivity contribution is 1.07. The van der Waals surface area contributed by atoms with Gasteiger partial charge in [-0.2, -0.15) is 0 Å². The van der Waals surface area contributed by atoms with Crippen LogP contribution in [0, 0.1) is 0 Å². The van der Waals surface area contributed by atoms with Gasteiger partial charge in [0.25, 0.3) is 0 Å². The van der Waals surface area contributed by atoms with Gasteiger partial charge in [-0.1, -0.05) is 170 Å². The number of benzene rings is 9. The minimum atomic E-state index is 0.637. The molecule has 12 aromatic rings. The molecule has 0 spiro atoms. The van der Waals surface area contributed by atoms with Gasteiger partial charge < -0.3 is 4.57 Å². The minimum Gasteiger partial charge on any atom is -0.309 e. The fourth-order valence-electron chi connectivity index (χ4n) is 8.71. The van der Waals surface area contributed by atoms with Crippen LogP contribution in [0.5, 0.6) is 0 Å². The van der Waals surface area contributed by atoms with Crippen molar-refractivity contribution in [1.29, 1.82) is 0 Å². The summed E-state index contributed by atoms with van der Waals surface area (Å²) in [5.41, 5.74) is 8.58. The lowest BCUT2D eigenvalue weighted by Crippen LogP contribution is -2.01. The van der Waals surface area contributed by atoms with Crippen molar-refractivity contribution in [3.05, 3.63) is 194 Å². The van der Waals surface area contributed by atoms with Gasteiger partial charge in [-0.3, -0.25) is 0 Å². The van der Waals surface area contributed by atoms with Crippen molar-refractivity contribution in [3.63, 3.8) is 0 Å². The van der Waals surface area contributed by atoms with E-state index in [4.69, 9.17) is 15.0 Å². The van der Waals surface area contributed by atoms with Crippen LogP contribution in [-0.2, 0) is 0 Å². The Bertz CT molecular complexity index is 3550. The molecule has 5 heteroatoms. The van der Waals surface area contributed by atoms with E-state index >= 15 is 0 Å². The lowest BCUT2D eigenvalue weighted by Gasteiger charge is -2.14. The van der Waals surface area contributed by atoms with Crippen molar-refractivity contribution in [2.24, 2.45) is 0 Å². The second-order valence-electron chi connectivity index (χ2n) is 14.8. The molecule has 0 N–H and O–H groups in total. The van der Waals surface area contributed by atoms with Gasteiger partial charge in [-0.15, -0.1) is 11.3 Å². The molecule has 0 aliphatic heterocycles. The largest absolute Gasteiger partial charge is 0.309 e. The van der Waals surface area contributed by atoms with Gasteiger partial charge in [0.2, 0.25) is 0 Å². The number of rotatable bonds is 5. The molecule has 58 heavy (non-hydrogen) atoms. The Morgan fingerprint density at radius 1 is 0.362 bits per heavy atom. The van der Waals surface area contributed by atoms with Gasteiger partial charge in [0.15, 0.2) is 17.5 Å². The standard InChI is InChI=1S/C53H32N4S/c1-3-13-33(14-4-1)34-23-25-37(26-24-34)52-54-51(36-16-5-2-6-17-36)55-53(56-52)46-32-38(31-45-42-20-10-12-22-48(42)58-50(45)46)57-47-21-11-9-19-41(47)44-30-29-40-39-18-8-7-15-35(39)27-28-43(40)49(44)57/h1-32H. The molecule has 0 fully saturated rings. The predicted molar refractivity (Wildman–Crippen MR) is 244 cm³/mol. The Morgan fingerprint density at radius 2 is 0.914 bits per heavy atom. The van der Waals surface area contributed by atoms with Crippen LogP contribution in [0.4, 0.5) is 0 Å². The summed E-state index contributed by atoms with van der Waals surface area (Å²) in [6, 6.07) is 69.2. The second-order valence-corrected chi connectivity index (χ2v) is 15.8. The monoisotopic (exact) mass is 756 g/mol. The van der Waals surface area contributed by atoms with Gasteiger partial charge in [-0.05, 0) is 51.6 Å². The third kappa shape index (κ3) is 5.18. The molecule has 0 bridgehead atoms. The lowest BCUT2D eigenvalue weighted by atomic mass is 9.99. The summed E-state index contributed by atoms with van der Waals surface area (Å²) in [4.78, 5) is 15.7. The summed E-state index contributed by atoms with van der Waals surface area (Å²) < 4.78 is 4.83.